The van der Waals surface area contributed by atoms with E-state index in [1.54, 1.807) is 23.0 Å². The number of fused-ring (bicyclic) bond motifs is 1. The van der Waals surface area contributed by atoms with E-state index in [1.807, 2.05) is 37.3 Å². The summed E-state index contributed by atoms with van der Waals surface area (Å²) in [6.45, 7) is 3.52. The van der Waals surface area contributed by atoms with Gasteiger partial charge in [-0.25, -0.2) is 4.68 Å². The van der Waals surface area contributed by atoms with Crippen molar-refractivity contribution in [3.63, 3.8) is 0 Å². The van der Waals surface area contributed by atoms with Gasteiger partial charge in [0.15, 0.2) is 11.5 Å². The molecule has 0 saturated carbocycles. The molecule has 6 nitrogen and oxygen atoms in total. The minimum absolute atomic E-state index is 0.143. The van der Waals surface area contributed by atoms with Gasteiger partial charge >= 0.3 is 0 Å². The Bertz CT molecular complexity index is 999. The van der Waals surface area contributed by atoms with E-state index in [4.69, 9.17) is 21.1 Å². The van der Waals surface area contributed by atoms with Crippen LogP contribution < -0.4 is 14.8 Å². The van der Waals surface area contributed by atoms with Crippen molar-refractivity contribution in [1.82, 2.24) is 15.1 Å². The van der Waals surface area contributed by atoms with E-state index in [1.165, 1.54) is 0 Å². The Labute approximate surface area is 168 Å². The maximum Gasteiger partial charge on any atom is 0.254 e. The highest BCUT2D eigenvalue weighted by Crippen LogP contribution is 2.30. The van der Waals surface area contributed by atoms with Gasteiger partial charge in [0.05, 0.1) is 23.1 Å². The quantitative estimate of drug-likeness (QED) is 0.714. The predicted octanol–water partition coefficient (Wildman–Crippen LogP) is 3.58. The predicted molar refractivity (Wildman–Crippen MR) is 107 cm³/mol. The minimum atomic E-state index is -0.143. The number of nitrogens with one attached hydrogen (secondary N) is 1. The van der Waals surface area contributed by atoms with Crippen LogP contribution in [0.2, 0.25) is 5.02 Å². The second kappa shape index (κ2) is 7.94. The van der Waals surface area contributed by atoms with Gasteiger partial charge in [-0.05, 0) is 55.3 Å². The Morgan fingerprint density at radius 1 is 1.14 bits per heavy atom. The van der Waals surface area contributed by atoms with E-state index in [0.717, 1.165) is 28.4 Å². The second-order valence-electron chi connectivity index (χ2n) is 6.52. The molecule has 0 spiro atoms. The van der Waals surface area contributed by atoms with Crippen molar-refractivity contribution in [3.8, 4) is 17.2 Å². The third-order valence-electron chi connectivity index (χ3n) is 4.63. The normalized spacial score (nSPS) is 12.6. The van der Waals surface area contributed by atoms with Crippen LogP contribution in [0, 0.1) is 6.92 Å². The van der Waals surface area contributed by atoms with Gasteiger partial charge in [0.2, 0.25) is 0 Å². The van der Waals surface area contributed by atoms with E-state index in [2.05, 4.69) is 10.4 Å². The van der Waals surface area contributed by atoms with Gasteiger partial charge in [-0.1, -0.05) is 17.7 Å². The van der Waals surface area contributed by atoms with Crippen molar-refractivity contribution >= 4 is 17.5 Å². The fraction of sp³-hybridized carbons (Fsp3) is 0.238. The topological polar surface area (TPSA) is 65.4 Å². The molecule has 0 atom stereocenters. The standard InChI is InChI=1S/C21H20ClN3O3/c1-14-18(13-24-25(14)17-5-3-16(22)4-6-17)21(26)23-9-8-15-2-7-19-20(12-15)28-11-10-27-19/h2-7,12-13H,8-11H2,1H3,(H,23,26). The zero-order valence-electron chi connectivity index (χ0n) is 15.4. The highest BCUT2D eigenvalue weighted by Gasteiger charge is 2.15. The molecule has 1 aliphatic rings. The zero-order valence-corrected chi connectivity index (χ0v) is 16.2. The van der Waals surface area contributed by atoms with E-state index < -0.39 is 0 Å². The number of carbonyl (C=O) groups is 1. The average molecular weight is 398 g/mol. The molecule has 2 aromatic carbocycles. The van der Waals surface area contributed by atoms with E-state index in [9.17, 15) is 4.79 Å². The number of halogens is 1. The first-order valence-electron chi connectivity index (χ1n) is 9.09. The summed E-state index contributed by atoms with van der Waals surface area (Å²) in [5.74, 6) is 1.38. The summed E-state index contributed by atoms with van der Waals surface area (Å²) in [6.07, 6.45) is 2.29. The van der Waals surface area contributed by atoms with Gasteiger partial charge in [-0.15, -0.1) is 0 Å². The molecule has 1 aromatic heterocycles. The van der Waals surface area contributed by atoms with Gasteiger partial charge in [-0.2, -0.15) is 5.10 Å². The molecule has 0 bridgehead atoms. The Hall–Kier alpha value is -2.99. The molecule has 1 amide bonds. The molecule has 0 fully saturated rings. The number of nitrogens with zero attached hydrogens (tertiary/aromatic N) is 2. The number of hydrogen-bond donors (Lipinski definition) is 1. The van der Waals surface area contributed by atoms with Crippen molar-refractivity contribution in [2.24, 2.45) is 0 Å². The van der Waals surface area contributed by atoms with Crippen molar-refractivity contribution in [2.45, 2.75) is 13.3 Å². The average Bonchev–Trinajstić information content (AvgIpc) is 3.10. The van der Waals surface area contributed by atoms with Crippen LogP contribution in [0.1, 0.15) is 21.6 Å². The van der Waals surface area contributed by atoms with Crippen molar-refractivity contribution in [2.75, 3.05) is 19.8 Å². The fourth-order valence-corrected chi connectivity index (χ4v) is 3.26. The molecule has 2 heterocycles. The molecular weight excluding hydrogens is 378 g/mol. The lowest BCUT2D eigenvalue weighted by atomic mass is 10.1. The van der Waals surface area contributed by atoms with E-state index >= 15 is 0 Å². The number of benzene rings is 2. The molecule has 1 N–H and O–H groups in total. The van der Waals surface area contributed by atoms with Gasteiger partial charge in [0, 0.05) is 11.6 Å². The minimum Gasteiger partial charge on any atom is -0.486 e. The number of rotatable bonds is 5. The maximum atomic E-state index is 12.6. The van der Waals surface area contributed by atoms with Crippen LogP contribution in [0.3, 0.4) is 0 Å². The third-order valence-corrected chi connectivity index (χ3v) is 4.88. The van der Waals surface area contributed by atoms with Crippen LogP contribution in [-0.4, -0.2) is 35.4 Å². The Morgan fingerprint density at radius 3 is 2.68 bits per heavy atom. The van der Waals surface area contributed by atoms with Crippen molar-refractivity contribution < 1.29 is 14.3 Å². The summed E-state index contributed by atoms with van der Waals surface area (Å²) in [6, 6.07) is 13.2. The SMILES string of the molecule is Cc1c(C(=O)NCCc2ccc3c(c2)OCCO3)cnn1-c1ccc(Cl)cc1. The lowest BCUT2D eigenvalue weighted by Gasteiger charge is -2.18. The highest BCUT2D eigenvalue weighted by molar-refractivity contribution is 6.30. The summed E-state index contributed by atoms with van der Waals surface area (Å²) >= 11 is 5.93. The Morgan fingerprint density at radius 2 is 1.89 bits per heavy atom. The summed E-state index contributed by atoms with van der Waals surface area (Å²) < 4.78 is 12.9. The molecule has 1 aliphatic heterocycles. The molecule has 144 valence electrons. The first-order chi connectivity index (χ1) is 13.6. The third kappa shape index (κ3) is 3.82. The number of amides is 1. The molecule has 7 heteroatoms. The molecule has 0 aliphatic carbocycles. The fourth-order valence-electron chi connectivity index (χ4n) is 3.13. The van der Waals surface area contributed by atoms with Crippen LogP contribution >= 0.6 is 11.6 Å². The zero-order chi connectivity index (χ0) is 19.5. The van der Waals surface area contributed by atoms with Crippen LogP contribution in [0.15, 0.2) is 48.7 Å². The first-order valence-corrected chi connectivity index (χ1v) is 9.47. The lowest BCUT2D eigenvalue weighted by molar-refractivity contribution is 0.0953. The van der Waals surface area contributed by atoms with E-state index in [0.29, 0.717) is 36.8 Å². The van der Waals surface area contributed by atoms with Crippen molar-refractivity contribution in [1.29, 1.82) is 0 Å². The molecular formula is C21H20ClN3O3. The Balaban J connectivity index is 1.38. The molecule has 0 unspecified atom stereocenters. The summed E-state index contributed by atoms with van der Waals surface area (Å²) in [5.41, 5.74) is 3.27. The maximum absolute atomic E-state index is 12.6. The van der Waals surface area contributed by atoms with E-state index in [-0.39, 0.29) is 5.91 Å². The van der Waals surface area contributed by atoms with Gasteiger partial charge < -0.3 is 14.8 Å². The van der Waals surface area contributed by atoms with Crippen LogP contribution in [0.4, 0.5) is 0 Å². The molecule has 28 heavy (non-hydrogen) atoms. The summed E-state index contributed by atoms with van der Waals surface area (Å²) in [4.78, 5) is 12.6. The van der Waals surface area contributed by atoms with Crippen LogP contribution in [0.5, 0.6) is 11.5 Å². The summed E-state index contributed by atoms with van der Waals surface area (Å²) in [7, 11) is 0. The lowest BCUT2D eigenvalue weighted by Crippen LogP contribution is -2.26. The molecule has 3 aromatic rings. The van der Waals surface area contributed by atoms with Crippen molar-refractivity contribution in [3.05, 3.63) is 70.5 Å². The molecule has 0 radical (unpaired) electrons. The number of aromatic nitrogens is 2. The number of hydrogen-bond acceptors (Lipinski definition) is 4. The summed E-state index contributed by atoms with van der Waals surface area (Å²) in [5, 5.41) is 7.95. The van der Waals surface area contributed by atoms with Gasteiger partial charge in [-0.3, -0.25) is 4.79 Å². The smallest absolute Gasteiger partial charge is 0.254 e. The Kier molecular flexibility index (Phi) is 5.21. The number of ether oxygens (including phenoxy) is 2. The molecule has 4 rings (SSSR count). The van der Waals surface area contributed by atoms with Gasteiger partial charge in [0.25, 0.3) is 5.91 Å². The van der Waals surface area contributed by atoms with Gasteiger partial charge in [0.1, 0.15) is 13.2 Å². The number of carbonyl (C=O) groups excluding carboxylic acids is 1. The first kappa shape index (κ1) is 18.4. The second-order valence-corrected chi connectivity index (χ2v) is 6.95. The molecule has 0 saturated heterocycles. The van der Waals surface area contributed by atoms with Crippen LogP contribution in [-0.2, 0) is 6.42 Å². The largest absolute Gasteiger partial charge is 0.486 e. The monoisotopic (exact) mass is 397 g/mol. The van der Waals surface area contributed by atoms with Crippen LogP contribution in [0.25, 0.3) is 5.69 Å². The highest BCUT2D eigenvalue weighted by atomic mass is 35.5.